The van der Waals surface area contributed by atoms with Gasteiger partial charge in [-0.25, -0.2) is 4.98 Å². The second-order valence-corrected chi connectivity index (χ2v) is 4.92. The Labute approximate surface area is 111 Å². The van der Waals surface area contributed by atoms with Crippen LogP contribution in [0.15, 0.2) is 30.5 Å². The highest BCUT2D eigenvalue weighted by atomic mass is 16.6. The molecule has 0 saturated carbocycles. The lowest BCUT2D eigenvalue weighted by Gasteiger charge is -2.15. The Kier molecular flexibility index (Phi) is 3.76. The molecule has 1 aromatic carbocycles. The van der Waals surface area contributed by atoms with Crippen LogP contribution in [0.1, 0.15) is 19.4 Å². The number of hydrogen-bond acceptors (Lipinski definition) is 4. The first-order chi connectivity index (χ1) is 9.00. The molecule has 1 aromatic heterocycles. The van der Waals surface area contributed by atoms with Gasteiger partial charge in [0.15, 0.2) is 0 Å². The van der Waals surface area contributed by atoms with E-state index in [0.717, 1.165) is 10.9 Å². The summed E-state index contributed by atoms with van der Waals surface area (Å²) in [5, 5.41) is 21.7. The van der Waals surface area contributed by atoms with Gasteiger partial charge in [0.05, 0.1) is 11.0 Å². The quantitative estimate of drug-likeness (QED) is 0.677. The number of hydrogen-bond donors (Lipinski definition) is 1. The van der Waals surface area contributed by atoms with Crippen LogP contribution in [0, 0.1) is 16.0 Å². The third-order valence-corrected chi connectivity index (χ3v) is 3.24. The Morgan fingerprint density at radius 2 is 2.11 bits per heavy atom. The number of aliphatic hydroxyl groups is 1. The van der Waals surface area contributed by atoms with Crippen molar-refractivity contribution in [2.24, 2.45) is 5.92 Å². The van der Waals surface area contributed by atoms with Crippen LogP contribution < -0.4 is 0 Å². The summed E-state index contributed by atoms with van der Waals surface area (Å²) >= 11 is 0. The van der Waals surface area contributed by atoms with Crippen LogP contribution in [0.5, 0.6) is 0 Å². The van der Waals surface area contributed by atoms with E-state index < -0.39 is 11.0 Å². The third-order valence-electron chi connectivity index (χ3n) is 3.24. The standard InChI is InChI=1S/C14H16N2O3/c1-9(2)13(17)8-10-6-7-15-14-11(10)4-3-5-12(14)16(18)19/h3-7,9,13,17H,8H2,1-2H3. The van der Waals surface area contributed by atoms with Gasteiger partial charge in [-0.3, -0.25) is 10.1 Å². The fourth-order valence-corrected chi connectivity index (χ4v) is 2.00. The molecule has 0 bridgehead atoms. The zero-order valence-electron chi connectivity index (χ0n) is 10.9. The van der Waals surface area contributed by atoms with E-state index in [-0.39, 0.29) is 11.6 Å². The highest BCUT2D eigenvalue weighted by Crippen LogP contribution is 2.26. The van der Waals surface area contributed by atoms with Crippen LogP contribution in [0.3, 0.4) is 0 Å². The number of aromatic nitrogens is 1. The number of non-ortho nitro benzene ring substituents is 1. The van der Waals surface area contributed by atoms with Gasteiger partial charge in [0.25, 0.3) is 5.69 Å². The molecule has 5 heteroatoms. The lowest BCUT2D eigenvalue weighted by Crippen LogP contribution is -2.17. The number of nitrogens with zero attached hydrogens (tertiary/aromatic N) is 2. The summed E-state index contributed by atoms with van der Waals surface area (Å²) in [4.78, 5) is 14.6. The number of fused-ring (bicyclic) bond motifs is 1. The molecule has 0 aliphatic heterocycles. The van der Waals surface area contributed by atoms with Gasteiger partial charge < -0.3 is 5.11 Å². The third kappa shape index (κ3) is 2.71. The SMILES string of the molecule is CC(C)C(O)Cc1ccnc2c([N+](=O)[O-])cccc12. The number of benzene rings is 1. The van der Waals surface area contributed by atoms with Gasteiger partial charge in [-0.2, -0.15) is 0 Å². The smallest absolute Gasteiger partial charge is 0.295 e. The molecule has 0 amide bonds. The van der Waals surface area contributed by atoms with Crippen LogP contribution in [0.25, 0.3) is 10.9 Å². The second-order valence-electron chi connectivity index (χ2n) is 4.92. The number of aliphatic hydroxyl groups excluding tert-OH is 1. The first kappa shape index (κ1) is 13.4. The van der Waals surface area contributed by atoms with Crippen molar-refractivity contribution in [3.63, 3.8) is 0 Å². The number of para-hydroxylation sites is 1. The molecule has 0 aliphatic rings. The van der Waals surface area contributed by atoms with Gasteiger partial charge in [0.2, 0.25) is 0 Å². The van der Waals surface area contributed by atoms with Gasteiger partial charge >= 0.3 is 0 Å². The average molecular weight is 260 g/mol. The van der Waals surface area contributed by atoms with Gasteiger partial charge in [-0.05, 0) is 24.0 Å². The van der Waals surface area contributed by atoms with Crippen LogP contribution in [0.2, 0.25) is 0 Å². The highest BCUT2D eigenvalue weighted by molar-refractivity contribution is 5.89. The number of pyridine rings is 1. The minimum atomic E-state index is -0.468. The van der Waals surface area contributed by atoms with Crippen molar-refractivity contribution < 1.29 is 10.0 Å². The van der Waals surface area contributed by atoms with Crippen LogP contribution in [-0.4, -0.2) is 21.1 Å². The molecule has 0 aliphatic carbocycles. The molecule has 0 spiro atoms. The van der Waals surface area contributed by atoms with E-state index in [2.05, 4.69) is 4.98 Å². The molecule has 1 heterocycles. The molecule has 0 fully saturated rings. The van der Waals surface area contributed by atoms with Gasteiger partial charge in [-0.15, -0.1) is 0 Å². The summed E-state index contributed by atoms with van der Waals surface area (Å²) < 4.78 is 0. The fourth-order valence-electron chi connectivity index (χ4n) is 2.00. The summed E-state index contributed by atoms with van der Waals surface area (Å²) in [5.41, 5.74) is 1.26. The Morgan fingerprint density at radius 3 is 2.74 bits per heavy atom. The molecule has 1 atom stereocenters. The van der Waals surface area contributed by atoms with Gasteiger partial charge in [-0.1, -0.05) is 26.0 Å². The predicted octanol–water partition coefficient (Wildman–Crippen LogP) is 2.70. The van der Waals surface area contributed by atoms with Crippen molar-refractivity contribution in [2.75, 3.05) is 0 Å². The lowest BCUT2D eigenvalue weighted by molar-refractivity contribution is -0.383. The second kappa shape index (κ2) is 5.32. The van der Waals surface area contributed by atoms with Gasteiger partial charge in [0, 0.05) is 17.6 Å². The largest absolute Gasteiger partial charge is 0.393 e. The van der Waals surface area contributed by atoms with Crippen molar-refractivity contribution >= 4 is 16.6 Å². The Hall–Kier alpha value is -2.01. The van der Waals surface area contributed by atoms with E-state index in [4.69, 9.17) is 0 Å². The van der Waals surface area contributed by atoms with Gasteiger partial charge in [0.1, 0.15) is 5.52 Å². The first-order valence-electron chi connectivity index (χ1n) is 6.19. The molecular weight excluding hydrogens is 244 g/mol. The highest BCUT2D eigenvalue weighted by Gasteiger charge is 2.17. The zero-order chi connectivity index (χ0) is 14.0. The van der Waals surface area contributed by atoms with E-state index in [9.17, 15) is 15.2 Å². The summed E-state index contributed by atoms with van der Waals surface area (Å²) in [6, 6.07) is 6.70. The number of nitro groups is 1. The lowest BCUT2D eigenvalue weighted by atomic mass is 9.97. The maximum Gasteiger partial charge on any atom is 0.295 e. The zero-order valence-corrected chi connectivity index (χ0v) is 10.9. The number of nitro benzene ring substituents is 1. The van der Waals surface area contributed by atoms with Crippen molar-refractivity contribution in [3.05, 3.63) is 46.1 Å². The molecule has 100 valence electrons. The van der Waals surface area contributed by atoms with Crippen molar-refractivity contribution in [1.82, 2.24) is 4.98 Å². The molecular formula is C14H16N2O3. The normalized spacial score (nSPS) is 12.8. The Bertz CT molecular complexity index is 611. The fraction of sp³-hybridized carbons (Fsp3) is 0.357. The summed E-state index contributed by atoms with van der Waals surface area (Å²) in [6.45, 7) is 3.88. The maximum absolute atomic E-state index is 11.0. The minimum Gasteiger partial charge on any atom is -0.393 e. The minimum absolute atomic E-state index is 0.00149. The molecule has 2 rings (SSSR count). The van der Waals surface area contributed by atoms with Crippen LogP contribution in [0.4, 0.5) is 5.69 Å². The topological polar surface area (TPSA) is 76.3 Å². The van der Waals surface area contributed by atoms with Crippen molar-refractivity contribution in [3.8, 4) is 0 Å². The summed E-state index contributed by atoms with van der Waals surface area (Å²) in [6.07, 6.45) is 1.56. The van der Waals surface area contributed by atoms with Crippen molar-refractivity contribution in [1.29, 1.82) is 0 Å². The molecule has 19 heavy (non-hydrogen) atoms. The monoisotopic (exact) mass is 260 g/mol. The molecule has 5 nitrogen and oxygen atoms in total. The molecule has 2 aromatic rings. The van der Waals surface area contributed by atoms with E-state index in [1.807, 2.05) is 13.8 Å². The first-order valence-corrected chi connectivity index (χ1v) is 6.19. The molecule has 1 unspecified atom stereocenters. The molecule has 1 N–H and O–H groups in total. The maximum atomic E-state index is 11.0. The molecule has 0 saturated heterocycles. The number of rotatable bonds is 4. The van der Waals surface area contributed by atoms with Crippen LogP contribution in [-0.2, 0) is 6.42 Å². The van der Waals surface area contributed by atoms with E-state index >= 15 is 0 Å². The van der Waals surface area contributed by atoms with E-state index in [1.54, 1.807) is 24.4 Å². The Morgan fingerprint density at radius 1 is 1.37 bits per heavy atom. The Balaban J connectivity index is 2.52. The van der Waals surface area contributed by atoms with Crippen molar-refractivity contribution in [2.45, 2.75) is 26.4 Å². The predicted molar refractivity (Wildman–Crippen MR) is 72.9 cm³/mol. The van der Waals surface area contributed by atoms with E-state index in [0.29, 0.717) is 11.9 Å². The summed E-state index contributed by atoms with van der Waals surface area (Å²) in [5.74, 6) is 0.141. The van der Waals surface area contributed by atoms with E-state index in [1.165, 1.54) is 6.07 Å². The average Bonchev–Trinajstić information content (AvgIpc) is 2.38. The summed E-state index contributed by atoms with van der Waals surface area (Å²) in [7, 11) is 0. The van der Waals surface area contributed by atoms with Crippen LogP contribution >= 0.6 is 0 Å². The molecule has 0 radical (unpaired) electrons.